The third-order valence-corrected chi connectivity index (χ3v) is 1.80. The molecule has 0 aromatic rings. The lowest BCUT2D eigenvalue weighted by Gasteiger charge is -2.10. The molecule has 0 fully saturated rings. The number of hydrogen-bond acceptors (Lipinski definition) is 1. The van der Waals surface area contributed by atoms with Gasteiger partial charge in [0.1, 0.15) is 0 Å². The van der Waals surface area contributed by atoms with Crippen molar-refractivity contribution in [2.24, 2.45) is 5.92 Å². The minimum atomic E-state index is 0.597. The molecule has 0 aromatic carbocycles. The van der Waals surface area contributed by atoms with E-state index in [2.05, 4.69) is 25.1 Å². The quantitative estimate of drug-likeness (QED) is 0.539. The molecule has 0 saturated carbocycles. The Kier molecular flexibility index (Phi) is 2.28. The van der Waals surface area contributed by atoms with Gasteiger partial charge in [-0.15, -0.1) is 0 Å². The molecule has 0 unspecified atom stereocenters. The van der Waals surface area contributed by atoms with Crippen molar-refractivity contribution in [3.63, 3.8) is 0 Å². The predicted molar refractivity (Wildman–Crippen MR) is 41.2 cm³/mol. The van der Waals surface area contributed by atoms with Gasteiger partial charge in [0.25, 0.3) is 0 Å². The summed E-state index contributed by atoms with van der Waals surface area (Å²) in [7, 11) is 0. The first-order chi connectivity index (χ1) is 4.86. The highest BCUT2D eigenvalue weighted by Crippen LogP contribution is 2.18. The molecule has 52 valence electrons. The topological polar surface area (TPSA) is 23.8 Å². The fraction of sp³-hybridized carbons (Fsp3) is 0.444. The summed E-state index contributed by atoms with van der Waals surface area (Å²) in [4.78, 5) is 0. The lowest BCUT2D eigenvalue weighted by atomic mass is 9.95. The maximum absolute atomic E-state index is 8.53. The van der Waals surface area contributed by atoms with Crippen molar-refractivity contribution >= 4 is 0 Å². The van der Waals surface area contributed by atoms with Gasteiger partial charge in [0.2, 0.25) is 0 Å². The van der Waals surface area contributed by atoms with Crippen molar-refractivity contribution in [3.05, 3.63) is 23.8 Å². The maximum Gasteiger partial charge on any atom is 0.0988 e. The molecule has 0 aliphatic heterocycles. The van der Waals surface area contributed by atoms with E-state index in [4.69, 9.17) is 5.26 Å². The van der Waals surface area contributed by atoms with E-state index in [9.17, 15) is 0 Å². The van der Waals surface area contributed by atoms with E-state index in [1.54, 1.807) is 0 Å². The minimum absolute atomic E-state index is 0.597. The zero-order valence-corrected chi connectivity index (χ0v) is 6.17. The van der Waals surface area contributed by atoms with Crippen molar-refractivity contribution in [1.29, 1.82) is 5.26 Å². The van der Waals surface area contributed by atoms with Crippen molar-refractivity contribution < 1.29 is 0 Å². The molecule has 1 aliphatic rings. The van der Waals surface area contributed by atoms with Gasteiger partial charge in [-0.1, -0.05) is 19.1 Å². The molecule has 10 heavy (non-hydrogen) atoms. The third-order valence-electron chi connectivity index (χ3n) is 1.80. The summed E-state index contributed by atoms with van der Waals surface area (Å²) in [6.45, 7) is 2.15. The molecule has 0 aromatic heterocycles. The monoisotopic (exact) mass is 133 g/mol. The Labute approximate surface area is 61.7 Å². The summed E-state index contributed by atoms with van der Waals surface area (Å²) in [6.07, 6.45) is 8.26. The smallest absolute Gasteiger partial charge is 0.0988 e. The van der Waals surface area contributed by atoms with Crippen molar-refractivity contribution in [2.45, 2.75) is 19.8 Å². The molecule has 0 amide bonds. The zero-order valence-electron chi connectivity index (χ0n) is 6.17. The van der Waals surface area contributed by atoms with Crippen LogP contribution in [-0.4, -0.2) is 0 Å². The van der Waals surface area contributed by atoms with Crippen LogP contribution in [0.15, 0.2) is 23.8 Å². The van der Waals surface area contributed by atoms with Gasteiger partial charge in [0, 0.05) is 5.57 Å². The van der Waals surface area contributed by atoms with E-state index in [1.165, 1.54) is 0 Å². The summed E-state index contributed by atoms with van der Waals surface area (Å²) < 4.78 is 0. The number of nitrogens with zero attached hydrogens (tertiary/aromatic N) is 1. The standard InChI is InChI=1S/C9H11N/c1-2-8-4-3-5-9(6-8)7-10/h3,5-6,8H,2,4H2,1H3/t8-/m0/s1. The molecule has 1 nitrogen and oxygen atoms in total. The average Bonchev–Trinajstić information content (AvgIpc) is 2.05. The molecule has 0 saturated heterocycles. The first-order valence-corrected chi connectivity index (χ1v) is 3.65. The predicted octanol–water partition coefficient (Wildman–Crippen LogP) is 2.42. The van der Waals surface area contributed by atoms with Crippen LogP contribution in [0.5, 0.6) is 0 Å². The third kappa shape index (κ3) is 1.48. The summed E-state index contributed by atoms with van der Waals surface area (Å²) in [6, 6.07) is 2.14. The highest BCUT2D eigenvalue weighted by atomic mass is 14.2. The Morgan fingerprint density at radius 3 is 3.20 bits per heavy atom. The maximum atomic E-state index is 8.53. The van der Waals surface area contributed by atoms with Crippen molar-refractivity contribution in [3.8, 4) is 6.07 Å². The minimum Gasteiger partial charge on any atom is -0.192 e. The highest BCUT2D eigenvalue weighted by molar-refractivity contribution is 5.35. The number of rotatable bonds is 1. The Morgan fingerprint density at radius 1 is 1.80 bits per heavy atom. The van der Waals surface area contributed by atoms with Gasteiger partial charge in [-0.2, -0.15) is 5.26 Å². The fourth-order valence-electron chi connectivity index (χ4n) is 1.11. The summed E-state index contributed by atoms with van der Waals surface area (Å²) in [5.74, 6) is 0.597. The van der Waals surface area contributed by atoms with Crippen LogP contribution in [0.3, 0.4) is 0 Å². The summed E-state index contributed by atoms with van der Waals surface area (Å²) in [5, 5.41) is 8.53. The summed E-state index contributed by atoms with van der Waals surface area (Å²) >= 11 is 0. The fourth-order valence-corrected chi connectivity index (χ4v) is 1.11. The van der Waals surface area contributed by atoms with Crippen LogP contribution in [0.4, 0.5) is 0 Å². The van der Waals surface area contributed by atoms with Crippen LogP contribution in [-0.2, 0) is 0 Å². The molecule has 1 atom stereocenters. The second-order valence-electron chi connectivity index (χ2n) is 2.54. The van der Waals surface area contributed by atoms with E-state index in [-0.39, 0.29) is 0 Å². The molecule has 0 radical (unpaired) electrons. The Balaban J connectivity index is 2.67. The molecular weight excluding hydrogens is 122 g/mol. The molecule has 1 rings (SSSR count). The highest BCUT2D eigenvalue weighted by Gasteiger charge is 2.05. The van der Waals surface area contributed by atoms with Gasteiger partial charge >= 0.3 is 0 Å². The van der Waals surface area contributed by atoms with E-state index in [0.29, 0.717) is 5.92 Å². The molecular formula is C9H11N. The van der Waals surface area contributed by atoms with Crippen LogP contribution >= 0.6 is 0 Å². The van der Waals surface area contributed by atoms with Crippen molar-refractivity contribution in [2.75, 3.05) is 0 Å². The second kappa shape index (κ2) is 3.22. The normalized spacial score (nSPS) is 23.6. The van der Waals surface area contributed by atoms with Crippen LogP contribution in [0.25, 0.3) is 0 Å². The molecule has 0 heterocycles. The molecule has 0 N–H and O–H groups in total. The summed E-state index contributed by atoms with van der Waals surface area (Å²) in [5.41, 5.74) is 0.818. The molecule has 1 heteroatoms. The van der Waals surface area contributed by atoms with Gasteiger partial charge < -0.3 is 0 Å². The van der Waals surface area contributed by atoms with Gasteiger partial charge in [-0.25, -0.2) is 0 Å². The Bertz CT molecular complexity index is 205. The van der Waals surface area contributed by atoms with Crippen LogP contribution in [0.2, 0.25) is 0 Å². The van der Waals surface area contributed by atoms with Gasteiger partial charge in [0.15, 0.2) is 0 Å². The van der Waals surface area contributed by atoms with Crippen molar-refractivity contribution in [1.82, 2.24) is 0 Å². The van der Waals surface area contributed by atoms with Gasteiger partial charge in [-0.05, 0) is 24.8 Å². The molecule has 0 spiro atoms. The van der Waals surface area contributed by atoms with E-state index in [1.807, 2.05) is 6.08 Å². The van der Waals surface area contributed by atoms with Gasteiger partial charge in [-0.3, -0.25) is 0 Å². The molecule has 0 bridgehead atoms. The number of nitriles is 1. The van der Waals surface area contributed by atoms with E-state index in [0.717, 1.165) is 18.4 Å². The first kappa shape index (κ1) is 7.08. The van der Waals surface area contributed by atoms with Crippen LogP contribution in [0.1, 0.15) is 19.8 Å². The van der Waals surface area contributed by atoms with Gasteiger partial charge in [0.05, 0.1) is 6.07 Å². The average molecular weight is 133 g/mol. The number of allylic oxidation sites excluding steroid dienone is 4. The Hall–Kier alpha value is -1.03. The van der Waals surface area contributed by atoms with E-state index >= 15 is 0 Å². The molecule has 1 aliphatic carbocycles. The largest absolute Gasteiger partial charge is 0.192 e. The SMILES string of the molecule is CC[C@@H]1C=C(C#N)C=CC1. The Morgan fingerprint density at radius 2 is 2.60 bits per heavy atom. The number of hydrogen-bond donors (Lipinski definition) is 0. The second-order valence-corrected chi connectivity index (χ2v) is 2.54. The van der Waals surface area contributed by atoms with Crippen LogP contribution < -0.4 is 0 Å². The first-order valence-electron chi connectivity index (χ1n) is 3.65. The van der Waals surface area contributed by atoms with Crippen LogP contribution in [0, 0.1) is 17.2 Å². The lowest BCUT2D eigenvalue weighted by molar-refractivity contribution is 0.630. The lowest BCUT2D eigenvalue weighted by Crippen LogP contribution is -1.97. The zero-order chi connectivity index (χ0) is 7.40. The van der Waals surface area contributed by atoms with E-state index < -0.39 is 0 Å².